The van der Waals surface area contributed by atoms with Crippen LogP contribution in [0.15, 0.2) is 53.5 Å². The van der Waals surface area contributed by atoms with Crippen molar-refractivity contribution in [3.8, 4) is 0 Å². The zero-order valence-electron chi connectivity index (χ0n) is 15.2. The molecule has 3 rings (SSSR count). The molecule has 26 heavy (non-hydrogen) atoms. The van der Waals surface area contributed by atoms with Gasteiger partial charge in [0, 0.05) is 12.6 Å². The van der Waals surface area contributed by atoms with E-state index in [9.17, 15) is 13.6 Å². The minimum atomic E-state index is -1.39. The van der Waals surface area contributed by atoms with Gasteiger partial charge in [0.15, 0.2) is 5.54 Å². The molecule has 1 aliphatic heterocycles. The highest BCUT2D eigenvalue weighted by molar-refractivity contribution is 6.09. The van der Waals surface area contributed by atoms with E-state index in [0.717, 1.165) is 0 Å². The number of nitrogens with zero attached hydrogens (tertiary/aromatic N) is 2. The lowest BCUT2D eigenvalue weighted by Gasteiger charge is -2.26. The molecule has 0 saturated carbocycles. The van der Waals surface area contributed by atoms with Gasteiger partial charge in [0.25, 0.3) is 5.91 Å². The Morgan fingerprint density at radius 1 is 0.923 bits per heavy atom. The summed E-state index contributed by atoms with van der Waals surface area (Å²) < 4.78 is 26.9. The van der Waals surface area contributed by atoms with Crippen LogP contribution in [0.5, 0.6) is 0 Å². The molecule has 2 aromatic carbocycles. The van der Waals surface area contributed by atoms with E-state index in [2.05, 4.69) is 5.32 Å². The number of nitrogens with one attached hydrogen (secondary N) is 1. The average molecular weight is 357 g/mol. The molecule has 0 atom stereocenters. The van der Waals surface area contributed by atoms with E-state index in [1.807, 2.05) is 20.8 Å². The number of hydrogen-bond donors (Lipinski definition) is 1. The molecule has 1 N–H and O–H groups in total. The molecule has 136 valence electrons. The van der Waals surface area contributed by atoms with Crippen LogP contribution in [0.3, 0.4) is 0 Å². The highest BCUT2D eigenvalue weighted by Crippen LogP contribution is 2.39. The SMILES string of the molecule is CN1C(=O)C(c2ccc(F)cc2)(c2ccc(F)cc2)N=C1NC(C)(C)C. The van der Waals surface area contributed by atoms with Gasteiger partial charge in [0.1, 0.15) is 11.6 Å². The van der Waals surface area contributed by atoms with Crippen LogP contribution in [0.25, 0.3) is 0 Å². The third-order valence-corrected chi connectivity index (χ3v) is 4.22. The molecule has 0 aromatic heterocycles. The smallest absolute Gasteiger partial charge is 0.266 e. The first-order valence-corrected chi connectivity index (χ1v) is 8.32. The maximum atomic E-state index is 13.4. The Kier molecular flexibility index (Phi) is 4.30. The third-order valence-electron chi connectivity index (χ3n) is 4.22. The Labute approximate surface area is 151 Å². The number of amides is 1. The number of hydrogen-bond acceptors (Lipinski definition) is 3. The normalized spacial score (nSPS) is 16.6. The van der Waals surface area contributed by atoms with Crippen LogP contribution < -0.4 is 5.32 Å². The number of halogens is 2. The van der Waals surface area contributed by atoms with Crippen molar-refractivity contribution in [3.05, 3.63) is 71.3 Å². The number of benzene rings is 2. The average Bonchev–Trinajstić information content (AvgIpc) is 2.81. The summed E-state index contributed by atoms with van der Waals surface area (Å²) in [7, 11) is 1.63. The Balaban J connectivity index is 2.22. The number of carbonyl (C=O) groups excluding carboxylic acids is 1. The molecule has 1 heterocycles. The second kappa shape index (κ2) is 6.20. The summed E-state index contributed by atoms with van der Waals surface area (Å²) in [5, 5.41) is 3.22. The van der Waals surface area contributed by atoms with Gasteiger partial charge in [0.2, 0.25) is 5.96 Å². The second-order valence-corrected chi connectivity index (χ2v) is 7.40. The van der Waals surface area contributed by atoms with Crippen LogP contribution in [0, 0.1) is 11.6 Å². The highest BCUT2D eigenvalue weighted by Gasteiger charge is 2.50. The van der Waals surface area contributed by atoms with E-state index in [0.29, 0.717) is 17.1 Å². The summed E-state index contributed by atoms with van der Waals surface area (Å²) in [5.74, 6) is -0.684. The molecule has 0 bridgehead atoms. The van der Waals surface area contributed by atoms with E-state index in [-0.39, 0.29) is 11.4 Å². The van der Waals surface area contributed by atoms with Crippen molar-refractivity contribution >= 4 is 11.9 Å². The van der Waals surface area contributed by atoms with Gasteiger partial charge in [-0.15, -0.1) is 0 Å². The lowest BCUT2D eigenvalue weighted by molar-refractivity contribution is -0.129. The molecule has 2 aromatic rings. The summed E-state index contributed by atoms with van der Waals surface area (Å²) in [6.45, 7) is 5.89. The second-order valence-electron chi connectivity index (χ2n) is 7.40. The zero-order chi connectivity index (χ0) is 19.1. The molecule has 4 nitrogen and oxygen atoms in total. The van der Waals surface area contributed by atoms with E-state index >= 15 is 0 Å². The van der Waals surface area contributed by atoms with Gasteiger partial charge in [-0.3, -0.25) is 9.69 Å². The number of carbonyl (C=O) groups is 1. The van der Waals surface area contributed by atoms with Crippen molar-refractivity contribution < 1.29 is 13.6 Å². The van der Waals surface area contributed by atoms with Gasteiger partial charge in [-0.05, 0) is 56.2 Å². The van der Waals surface area contributed by atoms with E-state index < -0.39 is 17.2 Å². The Morgan fingerprint density at radius 3 is 1.73 bits per heavy atom. The number of likely N-dealkylation sites (N-methyl/N-ethyl adjacent to an activating group) is 1. The number of aliphatic imine (C=N–C) groups is 1. The molecular weight excluding hydrogens is 336 g/mol. The van der Waals surface area contributed by atoms with Crippen molar-refractivity contribution in [3.63, 3.8) is 0 Å². The van der Waals surface area contributed by atoms with Gasteiger partial charge in [0.05, 0.1) is 0 Å². The van der Waals surface area contributed by atoms with E-state index in [1.165, 1.54) is 53.4 Å². The van der Waals surface area contributed by atoms with Gasteiger partial charge in [-0.1, -0.05) is 24.3 Å². The Hall–Kier alpha value is -2.76. The minimum Gasteiger partial charge on any atom is -0.351 e. The zero-order valence-corrected chi connectivity index (χ0v) is 15.2. The molecular formula is C20H21F2N3O. The fourth-order valence-corrected chi connectivity index (χ4v) is 2.99. The standard InChI is InChI=1S/C20H21F2N3O/c1-19(2,3)23-18-24-20(17(26)25(18)4,13-5-9-15(21)10-6-13)14-7-11-16(22)12-8-14/h5-12H,1-4H3,(H,23,24). The molecule has 6 heteroatoms. The highest BCUT2D eigenvalue weighted by atomic mass is 19.1. The topological polar surface area (TPSA) is 44.7 Å². The van der Waals surface area contributed by atoms with Crippen molar-refractivity contribution in [2.24, 2.45) is 4.99 Å². The first-order chi connectivity index (χ1) is 12.1. The van der Waals surface area contributed by atoms with Gasteiger partial charge in [-0.25, -0.2) is 13.8 Å². The molecule has 1 aliphatic rings. The largest absolute Gasteiger partial charge is 0.351 e. The van der Waals surface area contributed by atoms with Crippen LogP contribution in [-0.2, 0) is 10.3 Å². The maximum absolute atomic E-state index is 13.4. The van der Waals surface area contributed by atoms with Crippen molar-refractivity contribution in [1.82, 2.24) is 10.2 Å². The van der Waals surface area contributed by atoms with Crippen LogP contribution >= 0.6 is 0 Å². The summed E-state index contributed by atoms with van der Waals surface area (Å²) in [6, 6.07) is 11.3. The summed E-state index contributed by atoms with van der Waals surface area (Å²) in [6.07, 6.45) is 0. The quantitative estimate of drug-likeness (QED) is 0.895. The fraction of sp³-hybridized carbons (Fsp3) is 0.300. The predicted molar refractivity (Wildman–Crippen MR) is 96.7 cm³/mol. The van der Waals surface area contributed by atoms with Crippen molar-refractivity contribution in [1.29, 1.82) is 0 Å². The van der Waals surface area contributed by atoms with Crippen molar-refractivity contribution in [2.45, 2.75) is 31.8 Å². The Morgan fingerprint density at radius 2 is 1.35 bits per heavy atom. The van der Waals surface area contributed by atoms with Crippen LogP contribution in [0.2, 0.25) is 0 Å². The predicted octanol–water partition coefficient (Wildman–Crippen LogP) is 3.42. The van der Waals surface area contributed by atoms with E-state index in [4.69, 9.17) is 4.99 Å². The van der Waals surface area contributed by atoms with Crippen LogP contribution in [0.1, 0.15) is 31.9 Å². The van der Waals surface area contributed by atoms with Gasteiger partial charge >= 0.3 is 0 Å². The summed E-state index contributed by atoms with van der Waals surface area (Å²) in [5.41, 5.74) is -0.653. The summed E-state index contributed by atoms with van der Waals surface area (Å²) in [4.78, 5) is 19.4. The third kappa shape index (κ3) is 3.07. The first-order valence-electron chi connectivity index (χ1n) is 8.32. The molecule has 0 unspecified atom stereocenters. The van der Waals surface area contributed by atoms with Gasteiger partial charge < -0.3 is 5.32 Å². The summed E-state index contributed by atoms with van der Waals surface area (Å²) >= 11 is 0. The van der Waals surface area contributed by atoms with Crippen LogP contribution in [-0.4, -0.2) is 29.4 Å². The molecule has 0 spiro atoms. The molecule has 1 amide bonds. The van der Waals surface area contributed by atoms with Crippen molar-refractivity contribution in [2.75, 3.05) is 7.05 Å². The lowest BCUT2D eigenvalue weighted by Crippen LogP contribution is -2.48. The van der Waals surface area contributed by atoms with Gasteiger partial charge in [-0.2, -0.15) is 0 Å². The Bertz CT molecular complexity index is 807. The number of rotatable bonds is 2. The minimum absolute atomic E-state index is 0.289. The van der Waals surface area contributed by atoms with Crippen LogP contribution in [0.4, 0.5) is 8.78 Å². The lowest BCUT2D eigenvalue weighted by atomic mass is 9.83. The van der Waals surface area contributed by atoms with E-state index in [1.54, 1.807) is 7.05 Å². The molecule has 0 fully saturated rings. The monoisotopic (exact) mass is 357 g/mol. The number of guanidine groups is 1. The maximum Gasteiger partial charge on any atom is 0.266 e. The first kappa shape index (κ1) is 18.0. The molecule has 0 radical (unpaired) electrons. The molecule has 0 aliphatic carbocycles. The molecule has 0 saturated heterocycles. The fourth-order valence-electron chi connectivity index (χ4n) is 2.99.